The topological polar surface area (TPSA) is 21.3 Å². The zero-order chi connectivity index (χ0) is 15.4. The summed E-state index contributed by atoms with van der Waals surface area (Å²) >= 11 is 9.20. The second-order valence-corrected chi connectivity index (χ2v) is 6.02. The Bertz CT molecular complexity index is 636. The van der Waals surface area contributed by atoms with Gasteiger partial charge in [-0.25, -0.2) is 4.39 Å². The van der Waals surface area contributed by atoms with Crippen LogP contribution in [-0.4, -0.2) is 7.05 Å². The summed E-state index contributed by atoms with van der Waals surface area (Å²) in [6.45, 7) is 2.17. The van der Waals surface area contributed by atoms with Gasteiger partial charge in [-0.2, -0.15) is 0 Å². The minimum atomic E-state index is -0.433. The van der Waals surface area contributed by atoms with Crippen LogP contribution in [0.3, 0.4) is 0 Å². The zero-order valence-corrected chi connectivity index (χ0v) is 14.1. The Kier molecular flexibility index (Phi) is 5.62. The first kappa shape index (κ1) is 16.3. The molecule has 0 radical (unpaired) electrons. The van der Waals surface area contributed by atoms with Gasteiger partial charge in [0.05, 0.1) is 5.02 Å². The van der Waals surface area contributed by atoms with Gasteiger partial charge >= 0.3 is 0 Å². The van der Waals surface area contributed by atoms with Crippen molar-refractivity contribution in [3.63, 3.8) is 0 Å². The van der Waals surface area contributed by atoms with Gasteiger partial charge in [0.1, 0.15) is 18.2 Å². The number of ether oxygens (including phenoxy) is 1. The molecule has 1 unspecified atom stereocenters. The van der Waals surface area contributed by atoms with E-state index in [0.717, 1.165) is 10.0 Å². The Hall–Kier alpha value is -1.10. The van der Waals surface area contributed by atoms with Crippen molar-refractivity contribution < 1.29 is 9.13 Å². The third kappa shape index (κ3) is 3.96. The Balaban J connectivity index is 2.23. The molecule has 0 aliphatic rings. The van der Waals surface area contributed by atoms with E-state index in [1.807, 2.05) is 32.2 Å². The second kappa shape index (κ2) is 7.25. The first-order valence-electron chi connectivity index (χ1n) is 6.55. The molecule has 0 saturated heterocycles. The van der Waals surface area contributed by atoms with E-state index < -0.39 is 5.82 Å². The zero-order valence-electron chi connectivity index (χ0n) is 11.8. The highest BCUT2D eigenvalue weighted by Gasteiger charge is 2.12. The highest BCUT2D eigenvalue weighted by molar-refractivity contribution is 9.10. The fourth-order valence-electron chi connectivity index (χ4n) is 1.96. The van der Waals surface area contributed by atoms with Gasteiger partial charge in [0.15, 0.2) is 0 Å². The molecule has 1 atom stereocenters. The normalized spacial score (nSPS) is 12.2. The summed E-state index contributed by atoms with van der Waals surface area (Å²) in [4.78, 5) is 0. The van der Waals surface area contributed by atoms with E-state index in [9.17, 15) is 4.39 Å². The molecule has 5 heteroatoms. The number of hydrogen-bond acceptors (Lipinski definition) is 2. The predicted octanol–water partition coefficient (Wildman–Crippen LogP) is 5.10. The van der Waals surface area contributed by atoms with E-state index in [2.05, 4.69) is 21.2 Å². The molecular weight excluding hydrogens is 357 g/mol. The summed E-state index contributed by atoms with van der Waals surface area (Å²) in [5, 5.41) is 3.27. The van der Waals surface area contributed by atoms with Crippen molar-refractivity contribution in [2.24, 2.45) is 0 Å². The molecule has 0 aromatic heterocycles. The van der Waals surface area contributed by atoms with E-state index in [-0.39, 0.29) is 17.7 Å². The molecule has 0 aliphatic heterocycles. The number of nitrogens with one attached hydrogen (secondary N) is 1. The smallest absolute Gasteiger partial charge is 0.148 e. The molecule has 0 fully saturated rings. The van der Waals surface area contributed by atoms with Crippen molar-refractivity contribution in [2.45, 2.75) is 19.6 Å². The lowest BCUT2D eigenvalue weighted by Crippen LogP contribution is -2.14. The predicted molar refractivity (Wildman–Crippen MR) is 87.4 cm³/mol. The maximum Gasteiger partial charge on any atom is 0.148 e. The molecule has 0 amide bonds. The van der Waals surface area contributed by atoms with Crippen LogP contribution in [-0.2, 0) is 6.61 Å². The van der Waals surface area contributed by atoms with Crippen LogP contribution in [0.5, 0.6) is 5.75 Å². The fraction of sp³-hybridized carbons (Fsp3) is 0.250. The van der Waals surface area contributed by atoms with Crippen LogP contribution in [0.15, 0.2) is 40.9 Å². The van der Waals surface area contributed by atoms with Crippen LogP contribution >= 0.6 is 27.5 Å². The van der Waals surface area contributed by atoms with Crippen LogP contribution in [0.25, 0.3) is 0 Å². The van der Waals surface area contributed by atoms with E-state index in [1.54, 1.807) is 12.1 Å². The summed E-state index contributed by atoms with van der Waals surface area (Å²) < 4.78 is 20.6. The van der Waals surface area contributed by atoms with Gasteiger partial charge in [-0.15, -0.1) is 0 Å². The van der Waals surface area contributed by atoms with E-state index in [0.29, 0.717) is 11.3 Å². The molecule has 112 valence electrons. The van der Waals surface area contributed by atoms with Crippen LogP contribution < -0.4 is 10.1 Å². The molecule has 0 aliphatic carbocycles. The largest absolute Gasteiger partial charge is 0.488 e. The Morgan fingerprint density at radius 1 is 1.33 bits per heavy atom. The third-order valence-corrected chi connectivity index (χ3v) is 4.08. The summed E-state index contributed by atoms with van der Waals surface area (Å²) in [5.74, 6) is 0.281. The van der Waals surface area contributed by atoms with Crippen LogP contribution in [0.4, 0.5) is 4.39 Å². The average Bonchev–Trinajstić information content (AvgIpc) is 2.48. The molecule has 0 bridgehead atoms. The molecule has 21 heavy (non-hydrogen) atoms. The first-order valence-corrected chi connectivity index (χ1v) is 7.72. The molecule has 2 nitrogen and oxygen atoms in total. The monoisotopic (exact) mass is 371 g/mol. The SMILES string of the molecule is CNC(C)c1ccc(Br)cc1OCc1cccc(Cl)c1F. The molecule has 2 aromatic carbocycles. The quantitative estimate of drug-likeness (QED) is 0.788. The minimum Gasteiger partial charge on any atom is -0.488 e. The number of benzene rings is 2. The van der Waals surface area contributed by atoms with Crippen molar-refractivity contribution in [1.82, 2.24) is 5.32 Å². The lowest BCUT2D eigenvalue weighted by atomic mass is 10.1. The first-order chi connectivity index (χ1) is 10.0. The molecule has 0 spiro atoms. The Morgan fingerprint density at radius 3 is 2.81 bits per heavy atom. The summed E-state index contributed by atoms with van der Waals surface area (Å²) in [5.41, 5.74) is 1.45. The fourth-order valence-corrected chi connectivity index (χ4v) is 2.50. The maximum absolute atomic E-state index is 13.9. The van der Waals surface area contributed by atoms with E-state index in [4.69, 9.17) is 16.3 Å². The van der Waals surface area contributed by atoms with Gasteiger partial charge in [-0.1, -0.05) is 45.7 Å². The van der Waals surface area contributed by atoms with Gasteiger partial charge in [0, 0.05) is 21.6 Å². The summed E-state index contributed by atoms with van der Waals surface area (Å²) in [6.07, 6.45) is 0. The van der Waals surface area contributed by atoms with Crippen LogP contribution in [0.1, 0.15) is 24.1 Å². The van der Waals surface area contributed by atoms with Gasteiger partial charge < -0.3 is 10.1 Å². The van der Waals surface area contributed by atoms with Gasteiger partial charge in [0.25, 0.3) is 0 Å². The van der Waals surface area contributed by atoms with Crippen LogP contribution in [0.2, 0.25) is 5.02 Å². The maximum atomic E-state index is 13.9. The lowest BCUT2D eigenvalue weighted by molar-refractivity contribution is 0.294. The highest BCUT2D eigenvalue weighted by atomic mass is 79.9. The van der Waals surface area contributed by atoms with Gasteiger partial charge in [-0.3, -0.25) is 0 Å². The molecule has 1 N–H and O–H groups in total. The Labute approximate surface area is 137 Å². The molecular formula is C16H16BrClFNO. The summed E-state index contributed by atoms with van der Waals surface area (Å²) in [7, 11) is 1.88. The average molecular weight is 373 g/mol. The third-order valence-electron chi connectivity index (χ3n) is 3.29. The number of rotatable bonds is 5. The summed E-state index contributed by atoms with van der Waals surface area (Å²) in [6, 6.07) is 10.9. The van der Waals surface area contributed by atoms with Crippen molar-refractivity contribution in [2.75, 3.05) is 7.05 Å². The van der Waals surface area contributed by atoms with Crippen molar-refractivity contribution in [1.29, 1.82) is 0 Å². The minimum absolute atomic E-state index is 0.106. The second-order valence-electron chi connectivity index (χ2n) is 4.69. The molecule has 2 rings (SSSR count). The van der Waals surface area contributed by atoms with Gasteiger partial charge in [-0.05, 0) is 32.2 Å². The molecule has 0 saturated carbocycles. The number of halogens is 3. The standard InChI is InChI=1S/C16H16BrClFNO/c1-10(20-2)13-7-6-12(17)8-15(13)21-9-11-4-3-5-14(18)16(11)19/h3-8,10,20H,9H2,1-2H3. The highest BCUT2D eigenvalue weighted by Crippen LogP contribution is 2.29. The van der Waals surface area contributed by atoms with Crippen molar-refractivity contribution >= 4 is 27.5 Å². The van der Waals surface area contributed by atoms with Crippen molar-refractivity contribution in [3.05, 3.63) is 62.8 Å². The number of hydrogen-bond donors (Lipinski definition) is 1. The van der Waals surface area contributed by atoms with Gasteiger partial charge in [0.2, 0.25) is 0 Å². The van der Waals surface area contributed by atoms with E-state index >= 15 is 0 Å². The van der Waals surface area contributed by atoms with Crippen molar-refractivity contribution in [3.8, 4) is 5.75 Å². The lowest BCUT2D eigenvalue weighted by Gasteiger charge is -2.17. The molecule has 0 heterocycles. The Morgan fingerprint density at radius 2 is 2.10 bits per heavy atom. The molecule has 2 aromatic rings. The van der Waals surface area contributed by atoms with Crippen LogP contribution in [0, 0.1) is 5.82 Å². The van der Waals surface area contributed by atoms with E-state index in [1.165, 1.54) is 6.07 Å².